The zero-order chi connectivity index (χ0) is 20.4. The number of amides is 1. The Morgan fingerprint density at radius 2 is 1.62 bits per heavy atom. The van der Waals surface area contributed by atoms with Crippen molar-refractivity contribution >= 4 is 11.8 Å². The minimum atomic E-state index is -0.261. The molecule has 29 heavy (non-hydrogen) atoms. The standard InChI is InChI=1S/C24H31N2O3/c1-26(2)20-11-12-21(26)16-23(15-20)29-24(27)25(19-7-5-4-6-8-19)17-18-9-13-22(28-3)14-10-18/h4-10,13-14,20-21,23H,11-12,15-17H2,1-3H3/q+1/t20-,21+,23?. The molecule has 5 nitrogen and oxygen atoms in total. The van der Waals surface area contributed by atoms with Gasteiger partial charge in [0, 0.05) is 31.4 Å². The highest BCUT2D eigenvalue weighted by Gasteiger charge is 2.50. The van der Waals surface area contributed by atoms with Gasteiger partial charge < -0.3 is 14.0 Å². The predicted molar refractivity (Wildman–Crippen MR) is 114 cm³/mol. The van der Waals surface area contributed by atoms with Crippen molar-refractivity contribution in [3.63, 3.8) is 0 Å². The molecular formula is C24H31N2O3+. The van der Waals surface area contributed by atoms with Gasteiger partial charge in [0.2, 0.25) is 0 Å². The Hall–Kier alpha value is -2.53. The summed E-state index contributed by atoms with van der Waals surface area (Å²) in [6.45, 7) is 0.466. The molecule has 2 bridgehead atoms. The Kier molecular flexibility index (Phi) is 5.50. The highest BCUT2D eigenvalue weighted by Crippen LogP contribution is 2.40. The molecule has 2 aliphatic heterocycles. The number of quaternary nitrogens is 1. The summed E-state index contributed by atoms with van der Waals surface area (Å²) in [5.74, 6) is 0.806. The molecule has 0 aromatic heterocycles. The lowest BCUT2D eigenvalue weighted by Crippen LogP contribution is -2.56. The number of hydrogen-bond acceptors (Lipinski definition) is 3. The van der Waals surface area contributed by atoms with Crippen LogP contribution in [0.1, 0.15) is 31.2 Å². The molecule has 5 heteroatoms. The summed E-state index contributed by atoms with van der Waals surface area (Å²) >= 11 is 0. The van der Waals surface area contributed by atoms with Gasteiger partial charge in [0.25, 0.3) is 0 Å². The second kappa shape index (κ2) is 8.07. The molecule has 0 saturated carbocycles. The van der Waals surface area contributed by atoms with Crippen LogP contribution in [0.15, 0.2) is 54.6 Å². The van der Waals surface area contributed by atoms with Crippen LogP contribution < -0.4 is 9.64 Å². The Morgan fingerprint density at radius 3 is 2.21 bits per heavy atom. The van der Waals surface area contributed by atoms with Crippen LogP contribution in [-0.4, -0.2) is 50.0 Å². The van der Waals surface area contributed by atoms with E-state index in [0.29, 0.717) is 18.6 Å². The number of fused-ring (bicyclic) bond motifs is 2. The summed E-state index contributed by atoms with van der Waals surface area (Å²) in [4.78, 5) is 14.9. The molecule has 0 aliphatic carbocycles. The summed E-state index contributed by atoms with van der Waals surface area (Å²) in [6.07, 6.45) is 4.14. The van der Waals surface area contributed by atoms with Crippen LogP contribution in [-0.2, 0) is 11.3 Å². The first kappa shape index (κ1) is 19.8. The molecule has 2 saturated heterocycles. The summed E-state index contributed by atoms with van der Waals surface area (Å²) in [5, 5.41) is 0. The van der Waals surface area contributed by atoms with Gasteiger partial charge in [-0.2, -0.15) is 0 Å². The lowest BCUT2D eigenvalue weighted by molar-refractivity contribution is -0.931. The fraction of sp³-hybridized carbons (Fsp3) is 0.458. The van der Waals surface area contributed by atoms with Gasteiger partial charge in [-0.15, -0.1) is 0 Å². The highest BCUT2D eigenvalue weighted by atomic mass is 16.6. The van der Waals surface area contributed by atoms with Crippen molar-refractivity contribution < 1.29 is 18.8 Å². The Morgan fingerprint density at radius 1 is 1.00 bits per heavy atom. The van der Waals surface area contributed by atoms with Crippen molar-refractivity contribution in [2.45, 2.75) is 50.4 Å². The molecule has 0 spiro atoms. The van der Waals surface area contributed by atoms with E-state index in [9.17, 15) is 4.79 Å². The van der Waals surface area contributed by atoms with Crippen LogP contribution >= 0.6 is 0 Å². The molecule has 2 fully saturated rings. The Bertz CT molecular complexity index is 819. The van der Waals surface area contributed by atoms with Crippen LogP contribution in [0.4, 0.5) is 10.5 Å². The number of hydrogen-bond donors (Lipinski definition) is 0. The van der Waals surface area contributed by atoms with E-state index in [1.54, 1.807) is 12.0 Å². The number of nitrogens with zero attached hydrogens (tertiary/aromatic N) is 2. The zero-order valence-electron chi connectivity index (χ0n) is 17.6. The van der Waals surface area contributed by atoms with Gasteiger partial charge in [-0.25, -0.2) is 4.79 Å². The van der Waals surface area contributed by atoms with Crippen LogP contribution in [0, 0.1) is 0 Å². The van der Waals surface area contributed by atoms with Crippen molar-refractivity contribution in [3.8, 4) is 5.75 Å². The maximum atomic E-state index is 13.2. The van der Waals surface area contributed by atoms with Crippen molar-refractivity contribution in [2.24, 2.45) is 0 Å². The molecule has 154 valence electrons. The van der Waals surface area contributed by atoms with E-state index in [4.69, 9.17) is 9.47 Å². The van der Waals surface area contributed by atoms with Gasteiger partial charge in [0.05, 0.1) is 39.8 Å². The minimum Gasteiger partial charge on any atom is -0.497 e. The molecule has 2 heterocycles. The predicted octanol–water partition coefficient (Wildman–Crippen LogP) is 4.61. The maximum Gasteiger partial charge on any atom is 0.414 e. The Balaban J connectivity index is 1.49. The molecule has 3 atom stereocenters. The summed E-state index contributed by atoms with van der Waals surface area (Å²) in [5.41, 5.74) is 1.89. The molecule has 0 N–H and O–H groups in total. The topological polar surface area (TPSA) is 38.8 Å². The van der Waals surface area contributed by atoms with Gasteiger partial charge in [0.15, 0.2) is 0 Å². The van der Waals surface area contributed by atoms with Crippen LogP contribution in [0.25, 0.3) is 0 Å². The fourth-order valence-corrected chi connectivity index (χ4v) is 4.92. The number of piperidine rings is 1. The van der Waals surface area contributed by atoms with Crippen LogP contribution in [0.2, 0.25) is 0 Å². The number of rotatable bonds is 5. The van der Waals surface area contributed by atoms with Crippen molar-refractivity contribution in [1.82, 2.24) is 0 Å². The third kappa shape index (κ3) is 4.10. The van der Waals surface area contributed by atoms with Gasteiger partial charge in [-0.1, -0.05) is 30.3 Å². The fourth-order valence-electron chi connectivity index (χ4n) is 4.92. The van der Waals surface area contributed by atoms with E-state index in [1.165, 1.54) is 12.8 Å². The SMILES string of the molecule is COc1ccc(CN(C(=O)OC2C[C@H]3CC[C@@H](C2)[N+]3(C)C)c2ccccc2)cc1. The summed E-state index contributed by atoms with van der Waals surface area (Å²) in [7, 11) is 6.29. The molecule has 1 amide bonds. The summed E-state index contributed by atoms with van der Waals surface area (Å²) in [6, 6.07) is 18.8. The third-order valence-electron chi connectivity index (χ3n) is 6.84. The normalized spacial score (nSPS) is 24.7. The van der Waals surface area contributed by atoms with E-state index in [-0.39, 0.29) is 12.2 Å². The molecule has 1 unspecified atom stereocenters. The third-order valence-corrected chi connectivity index (χ3v) is 6.84. The van der Waals surface area contributed by atoms with E-state index in [1.807, 2.05) is 54.6 Å². The molecule has 0 radical (unpaired) electrons. The van der Waals surface area contributed by atoms with Gasteiger partial charge in [0.1, 0.15) is 11.9 Å². The van der Waals surface area contributed by atoms with E-state index >= 15 is 0 Å². The number of methoxy groups -OCH3 is 1. The second-order valence-corrected chi connectivity index (χ2v) is 8.76. The number of benzene rings is 2. The van der Waals surface area contributed by atoms with Crippen molar-refractivity contribution in [3.05, 3.63) is 60.2 Å². The summed E-state index contributed by atoms with van der Waals surface area (Å²) < 4.78 is 12.4. The zero-order valence-corrected chi connectivity index (χ0v) is 17.6. The van der Waals surface area contributed by atoms with E-state index < -0.39 is 0 Å². The lowest BCUT2D eigenvalue weighted by atomic mass is 9.98. The molecule has 2 aromatic rings. The quantitative estimate of drug-likeness (QED) is 0.694. The smallest absolute Gasteiger partial charge is 0.414 e. The lowest BCUT2D eigenvalue weighted by Gasteiger charge is -2.44. The number of carbonyl (C=O) groups excluding carboxylic acids is 1. The first-order valence-electron chi connectivity index (χ1n) is 10.5. The van der Waals surface area contributed by atoms with E-state index in [0.717, 1.165) is 34.3 Å². The molecule has 2 aromatic carbocycles. The average molecular weight is 396 g/mol. The van der Waals surface area contributed by atoms with Gasteiger partial charge >= 0.3 is 6.09 Å². The average Bonchev–Trinajstić information content (AvgIpc) is 2.89. The minimum absolute atomic E-state index is 0.00762. The number of carbonyl (C=O) groups is 1. The molecule has 2 aliphatic rings. The molecular weight excluding hydrogens is 364 g/mol. The highest BCUT2D eigenvalue weighted by molar-refractivity contribution is 5.87. The Labute approximate surface area is 173 Å². The maximum absolute atomic E-state index is 13.2. The van der Waals surface area contributed by atoms with E-state index in [2.05, 4.69) is 14.1 Å². The van der Waals surface area contributed by atoms with Crippen LogP contribution in [0.5, 0.6) is 5.75 Å². The van der Waals surface area contributed by atoms with Gasteiger partial charge in [-0.3, -0.25) is 4.90 Å². The number of ether oxygens (including phenoxy) is 2. The van der Waals surface area contributed by atoms with Gasteiger partial charge in [-0.05, 0) is 29.8 Å². The second-order valence-electron chi connectivity index (χ2n) is 8.76. The largest absolute Gasteiger partial charge is 0.497 e. The van der Waals surface area contributed by atoms with Crippen LogP contribution in [0.3, 0.4) is 0 Å². The number of para-hydroxylation sites is 1. The first-order valence-corrected chi connectivity index (χ1v) is 10.5. The van der Waals surface area contributed by atoms with Crippen molar-refractivity contribution in [2.75, 3.05) is 26.1 Å². The van der Waals surface area contributed by atoms with Crippen molar-refractivity contribution in [1.29, 1.82) is 0 Å². The first-order chi connectivity index (χ1) is 14.0. The monoisotopic (exact) mass is 395 g/mol. The molecule has 4 rings (SSSR count). The number of anilines is 1.